The summed E-state index contributed by atoms with van der Waals surface area (Å²) in [5.74, 6) is -0.155. The average molecular weight is 324 g/mol. The predicted octanol–water partition coefficient (Wildman–Crippen LogP) is 1.50. The summed E-state index contributed by atoms with van der Waals surface area (Å²) in [4.78, 5) is 22.6. The Bertz CT molecular complexity index is 878. The third kappa shape index (κ3) is 3.09. The summed E-state index contributed by atoms with van der Waals surface area (Å²) in [5, 5.41) is 24.9. The Kier molecular flexibility index (Phi) is 4.23. The molecular formula is C15H12N6O3. The smallest absolute Gasteiger partial charge is 0.282 e. The van der Waals surface area contributed by atoms with Gasteiger partial charge in [0.05, 0.1) is 17.2 Å². The van der Waals surface area contributed by atoms with Crippen LogP contribution in [0.25, 0.3) is 5.69 Å². The van der Waals surface area contributed by atoms with Crippen LogP contribution >= 0.6 is 0 Å². The molecular weight excluding hydrogens is 312 g/mol. The number of carbonyl (C=O) groups is 1. The number of aromatic nitrogens is 4. The van der Waals surface area contributed by atoms with Crippen LogP contribution in [0.1, 0.15) is 16.2 Å². The number of nitrogens with zero attached hydrogens (tertiary/aromatic N) is 5. The molecule has 0 aliphatic heterocycles. The quantitative estimate of drug-likeness (QED) is 0.561. The van der Waals surface area contributed by atoms with E-state index < -0.39 is 10.8 Å². The van der Waals surface area contributed by atoms with Gasteiger partial charge in [-0.05, 0) is 28.6 Å². The van der Waals surface area contributed by atoms with Crippen LogP contribution in [-0.2, 0) is 6.54 Å². The number of tetrazole rings is 1. The number of nitrogens with one attached hydrogen (secondary N) is 1. The van der Waals surface area contributed by atoms with Gasteiger partial charge in [-0.3, -0.25) is 14.9 Å². The summed E-state index contributed by atoms with van der Waals surface area (Å²) in [5.41, 5.74) is 0.483. The first-order valence-corrected chi connectivity index (χ1v) is 7.01. The second-order valence-electron chi connectivity index (χ2n) is 4.80. The minimum Gasteiger partial charge on any atom is -0.344 e. The van der Waals surface area contributed by atoms with Crippen molar-refractivity contribution in [1.29, 1.82) is 0 Å². The second kappa shape index (κ2) is 6.65. The Hall–Kier alpha value is -3.62. The zero-order valence-corrected chi connectivity index (χ0v) is 12.4. The van der Waals surface area contributed by atoms with Gasteiger partial charge in [0.25, 0.3) is 11.6 Å². The molecule has 1 N–H and O–H groups in total. The van der Waals surface area contributed by atoms with Crippen molar-refractivity contribution in [3.05, 3.63) is 76.1 Å². The molecule has 0 bridgehead atoms. The van der Waals surface area contributed by atoms with Crippen molar-refractivity contribution in [2.45, 2.75) is 6.54 Å². The van der Waals surface area contributed by atoms with Gasteiger partial charge in [-0.25, -0.2) is 0 Å². The van der Waals surface area contributed by atoms with E-state index in [0.717, 1.165) is 5.69 Å². The Balaban J connectivity index is 1.77. The summed E-state index contributed by atoms with van der Waals surface area (Å²) in [6.07, 6.45) is 0. The number of para-hydroxylation sites is 2. The lowest BCUT2D eigenvalue weighted by molar-refractivity contribution is -0.385. The molecule has 24 heavy (non-hydrogen) atoms. The highest BCUT2D eigenvalue weighted by Crippen LogP contribution is 2.17. The van der Waals surface area contributed by atoms with Crippen LogP contribution < -0.4 is 5.32 Å². The molecule has 0 atom stereocenters. The van der Waals surface area contributed by atoms with Crippen LogP contribution in [0.5, 0.6) is 0 Å². The van der Waals surface area contributed by atoms with E-state index in [1.54, 1.807) is 6.07 Å². The SMILES string of the molecule is O=C(NCc1nnnn1-c1ccccc1)c1ccccc1[N+](=O)[O-]. The molecule has 0 saturated heterocycles. The Labute approximate surface area is 136 Å². The highest BCUT2D eigenvalue weighted by molar-refractivity contribution is 5.98. The molecule has 0 aliphatic rings. The lowest BCUT2D eigenvalue weighted by Crippen LogP contribution is -2.25. The second-order valence-corrected chi connectivity index (χ2v) is 4.80. The third-order valence-electron chi connectivity index (χ3n) is 3.29. The van der Waals surface area contributed by atoms with Crippen LogP contribution in [0.2, 0.25) is 0 Å². The van der Waals surface area contributed by atoms with Crippen molar-refractivity contribution in [1.82, 2.24) is 25.5 Å². The van der Waals surface area contributed by atoms with Crippen molar-refractivity contribution in [2.75, 3.05) is 0 Å². The van der Waals surface area contributed by atoms with E-state index in [1.807, 2.05) is 30.3 Å². The minimum absolute atomic E-state index is 0.0127. The van der Waals surface area contributed by atoms with Gasteiger partial charge in [0.2, 0.25) is 0 Å². The largest absolute Gasteiger partial charge is 0.344 e. The number of nitro benzene ring substituents is 1. The van der Waals surface area contributed by atoms with Gasteiger partial charge in [0.15, 0.2) is 5.82 Å². The molecule has 0 radical (unpaired) electrons. The normalized spacial score (nSPS) is 10.3. The number of carbonyl (C=O) groups excluding carboxylic acids is 1. The molecule has 0 unspecified atom stereocenters. The summed E-state index contributed by atoms with van der Waals surface area (Å²) in [7, 11) is 0. The molecule has 0 fully saturated rings. The lowest BCUT2D eigenvalue weighted by atomic mass is 10.1. The summed E-state index contributed by atoms with van der Waals surface area (Å²) in [6.45, 7) is 0.0345. The van der Waals surface area contributed by atoms with E-state index >= 15 is 0 Å². The molecule has 3 aromatic rings. The molecule has 9 nitrogen and oxygen atoms in total. The number of hydrogen-bond donors (Lipinski definition) is 1. The number of hydrogen-bond acceptors (Lipinski definition) is 6. The first-order valence-electron chi connectivity index (χ1n) is 7.01. The molecule has 0 saturated carbocycles. The standard InChI is InChI=1S/C15H12N6O3/c22-15(12-8-4-5-9-13(12)21(23)24)16-10-14-17-18-19-20(14)11-6-2-1-3-7-11/h1-9H,10H2,(H,16,22). The van der Waals surface area contributed by atoms with Gasteiger partial charge in [-0.2, -0.15) is 4.68 Å². The van der Waals surface area contributed by atoms with Crippen molar-refractivity contribution >= 4 is 11.6 Å². The number of benzene rings is 2. The summed E-state index contributed by atoms with van der Waals surface area (Å²) >= 11 is 0. The summed E-state index contributed by atoms with van der Waals surface area (Å²) in [6, 6.07) is 14.9. The first kappa shape index (κ1) is 15.3. The van der Waals surface area contributed by atoms with Gasteiger partial charge in [0, 0.05) is 6.07 Å². The van der Waals surface area contributed by atoms with Crippen molar-refractivity contribution in [3.63, 3.8) is 0 Å². The first-order chi connectivity index (χ1) is 11.7. The summed E-state index contributed by atoms with van der Waals surface area (Å²) < 4.78 is 1.49. The van der Waals surface area contributed by atoms with E-state index in [2.05, 4.69) is 20.8 Å². The average Bonchev–Trinajstić information content (AvgIpc) is 3.09. The molecule has 9 heteroatoms. The third-order valence-corrected chi connectivity index (χ3v) is 3.29. The van der Waals surface area contributed by atoms with E-state index in [0.29, 0.717) is 5.82 Å². The van der Waals surface area contributed by atoms with E-state index in [4.69, 9.17) is 0 Å². The van der Waals surface area contributed by atoms with Crippen molar-refractivity contribution < 1.29 is 9.72 Å². The van der Waals surface area contributed by atoms with Gasteiger partial charge < -0.3 is 5.32 Å². The predicted molar refractivity (Wildman–Crippen MR) is 83.4 cm³/mol. The number of amides is 1. The lowest BCUT2D eigenvalue weighted by Gasteiger charge is -2.06. The molecule has 3 rings (SSSR count). The Morgan fingerprint density at radius 1 is 1.12 bits per heavy atom. The highest BCUT2D eigenvalue weighted by Gasteiger charge is 2.19. The van der Waals surface area contributed by atoms with Gasteiger partial charge in [-0.15, -0.1) is 5.10 Å². The maximum atomic E-state index is 12.2. The Morgan fingerprint density at radius 3 is 2.58 bits per heavy atom. The van der Waals surface area contributed by atoms with E-state index in [-0.39, 0.29) is 17.8 Å². The Morgan fingerprint density at radius 2 is 1.83 bits per heavy atom. The zero-order valence-electron chi connectivity index (χ0n) is 12.4. The van der Waals surface area contributed by atoms with Crippen molar-refractivity contribution in [2.24, 2.45) is 0 Å². The minimum atomic E-state index is -0.594. The fraction of sp³-hybridized carbons (Fsp3) is 0.0667. The maximum absolute atomic E-state index is 12.2. The van der Waals surface area contributed by atoms with E-state index in [1.165, 1.54) is 22.9 Å². The van der Waals surface area contributed by atoms with Crippen LogP contribution in [0.3, 0.4) is 0 Å². The molecule has 120 valence electrons. The zero-order chi connectivity index (χ0) is 16.9. The molecule has 2 aromatic carbocycles. The van der Waals surface area contributed by atoms with Crippen LogP contribution in [0.15, 0.2) is 54.6 Å². The number of nitro groups is 1. The fourth-order valence-electron chi connectivity index (χ4n) is 2.17. The molecule has 0 spiro atoms. The van der Waals surface area contributed by atoms with Crippen molar-refractivity contribution in [3.8, 4) is 5.69 Å². The number of rotatable bonds is 5. The van der Waals surface area contributed by atoms with Crippen LogP contribution in [0.4, 0.5) is 5.69 Å². The highest BCUT2D eigenvalue weighted by atomic mass is 16.6. The molecule has 1 aromatic heterocycles. The van der Waals surface area contributed by atoms with Crippen LogP contribution in [0, 0.1) is 10.1 Å². The fourth-order valence-corrected chi connectivity index (χ4v) is 2.17. The topological polar surface area (TPSA) is 116 Å². The van der Waals surface area contributed by atoms with Gasteiger partial charge in [0.1, 0.15) is 5.56 Å². The maximum Gasteiger partial charge on any atom is 0.282 e. The molecule has 1 heterocycles. The van der Waals surface area contributed by atoms with Gasteiger partial charge in [-0.1, -0.05) is 30.3 Å². The molecule has 0 aliphatic carbocycles. The van der Waals surface area contributed by atoms with Gasteiger partial charge >= 0.3 is 0 Å². The van der Waals surface area contributed by atoms with E-state index in [9.17, 15) is 14.9 Å². The monoisotopic (exact) mass is 324 g/mol. The van der Waals surface area contributed by atoms with Crippen LogP contribution in [-0.4, -0.2) is 31.0 Å². The molecule has 1 amide bonds.